The third-order valence-electron chi connectivity index (χ3n) is 2.04. The molecular formula is C10H11BrClNO3. The van der Waals surface area contributed by atoms with E-state index in [1.54, 1.807) is 0 Å². The van der Waals surface area contributed by atoms with Gasteiger partial charge in [0, 0.05) is 18.1 Å². The van der Waals surface area contributed by atoms with Crippen LogP contribution in [-0.2, 0) is 0 Å². The van der Waals surface area contributed by atoms with E-state index in [9.17, 15) is 9.90 Å². The molecule has 0 aliphatic heterocycles. The van der Waals surface area contributed by atoms with Gasteiger partial charge in [-0.3, -0.25) is 4.79 Å². The average molecular weight is 309 g/mol. The number of phenolic OH excluding ortho intramolecular Hbond substituents is 1. The van der Waals surface area contributed by atoms with Crippen molar-refractivity contribution in [2.45, 2.75) is 0 Å². The van der Waals surface area contributed by atoms with Crippen molar-refractivity contribution in [1.82, 2.24) is 4.90 Å². The molecule has 6 heteroatoms. The highest BCUT2D eigenvalue weighted by molar-refractivity contribution is 9.10. The summed E-state index contributed by atoms with van der Waals surface area (Å²) in [7, 11) is 1.53. The van der Waals surface area contributed by atoms with Crippen molar-refractivity contribution in [3.63, 3.8) is 0 Å². The van der Waals surface area contributed by atoms with Gasteiger partial charge in [0.25, 0.3) is 5.91 Å². The van der Waals surface area contributed by atoms with Crippen LogP contribution in [-0.4, -0.2) is 41.2 Å². The molecule has 0 saturated heterocycles. The van der Waals surface area contributed by atoms with Crippen molar-refractivity contribution in [2.24, 2.45) is 0 Å². The number of aliphatic hydroxyl groups is 1. The Kier molecular flexibility index (Phi) is 4.58. The number of aromatic hydroxyl groups is 1. The molecule has 0 heterocycles. The number of rotatable bonds is 3. The second-order valence-corrected chi connectivity index (χ2v) is 4.56. The van der Waals surface area contributed by atoms with Crippen molar-refractivity contribution < 1.29 is 15.0 Å². The number of amides is 1. The number of hydrogen-bond donors (Lipinski definition) is 2. The summed E-state index contributed by atoms with van der Waals surface area (Å²) >= 11 is 8.93. The highest BCUT2D eigenvalue weighted by Crippen LogP contribution is 2.31. The van der Waals surface area contributed by atoms with E-state index in [2.05, 4.69) is 15.9 Å². The maximum atomic E-state index is 11.8. The molecule has 0 atom stereocenters. The van der Waals surface area contributed by atoms with Gasteiger partial charge >= 0.3 is 0 Å². The first-order valence-corrected chi connectivity index (χ1v) is 5.68. The highest BCUT2D eigenvalue weighted by Gasteiger charge is 2.18. The number of halogens is 2. The van der Waals surface area contributed by atoms with Crippen molar-refractivity contribution in [2.75, 3.05) is 20.2 Å². The van der Waals surface area contributed by atoms with E-state index in [0.717, 1.165) is 0 Å². The molecule has 0 aliphatic carbocycles. The molecule has 0 aliphatic rings. The minimum atomic E-state index is -0.394. The van der Waals surface area contributed by atoms with Crippen LogP contribution in [0.1, 0.15) is 10.4 Å². The SMILES string of the molecule is CN(CCO)C(=O)c1cc(Br)cc(Cl)c1O. The van der Waals surface area contributed by atoms with Crippen LogP contribution in [0.4, 0.5) is 0 Å². The molecule has 1 rings (SSSR count). The molecule has 1 aromatic carbocycles. The summed E-state index contributed by atoms with van der Waals surface area (Å²) in [6.07, 6.45) is 0. The molecule has 0 bridgehead atoms. The molecule has 1 aromatic rings. The van der Waals surface area contributed by atoms with Gasteiger partial charge in [-0.15, -0.1) is 0 Å². The number of benzene rings is 1. The fraction of sp³-hybridized carbons (Fsp3) is 0.300. The number of hydrogen-bond acceptors (Lipinski definition) is 3. The molecule has 4 nitrogen and oxygen atoms in total. The van der Waals surface area contributed by atoms with E-state index < -0.39 is 5.91 Å². The summed E-state index contributed by atoms with van der Waals surface area (Å²) in [5.74, 6) is -0.644. The Morgan fingerprint density at radius 1 is 1.56 bits per heavy atom. The van der Waals surface area contributed by atoms with E-state index >= 15 is 0 Å². The molecule has 0 unspecified atom stereocenters. The van der Waals surface area contributed by atoms with Crippen molar-refractivity contribution in [1.29, 1.82) is 0 Å². The van der Waals surface area contributed by atoms with Crippen LogP contribution in [0.5, 0.6) is 5.75 Å². The maximum Gasteiger partial charge on any atom is 0.257 e. The predicted octanol–water partition coefficient (Wildman–Crippen LogP) is 1.87. The van der Waals surface area contributed by atoms with Gasteiger partial charge in [0.05, 0.1) is 17.2 Å². The number of carbonyl (C=O) groups excluding carboxylic acids is 1. The van der Waals surface area contributed by atoms with Crippen molar-refractivity contribution in [3.05, 3.63) is 27.2 Å². The van der Waals surface area contributed by atoms with Gasteiger partial charge in [0.1, 0.15) is 5.75 Å². The van der Waals surface area contributed by atoms with Gasteiger partial charge < -0.3 is 15.1 Å². The highest BCUT2D eigenvalue weighted by atomic mass is 79.9. The lowest BCUT2D eigenvalue weighted by atomic mass is 10.2. The van der Waals surface area contributed by atoms with E-state index in [-0.39, 0.29) is 29.5 Å². The van der Waals surface area contributed by atoms with Gasteiger partial charge in [-0.25, -0.2) is 0 Å². The Morgan fingerprint density at radius 3 is 2.75 bits per heavy atom. The quantitative estimate of drug-likeness (QED) is 0.896. The minimum Gasteiger partial charge on any atom is -0.506 e. The normalized spacial score (nSPS) is 10.2. The van der Waals surface area contributed by atoms with E-state index in [4.69, 9.17) is 16.7 Å². The Balaban J connectivity index is 3.08. The second kappa shape index (κ2) is 5.52. The van der Waals surface area contributed by atoms with Crippen LogP contribution in [0.15, 0.2) is 16.6 Å². The summed E-state index contributed by atoms with van der Waals surface area (Å²) in [5.41, 5.74) is 0.107. The van der Waals surface area contributed by atoms with E-state index in [1.165, 1.54) is 24.1 Å². The van der Waals surface area contributed by atoms with Crippen LogP contribution < -0.4 is 0 Å². The Morgan fingerprint density at radius 2 is 2.19 bits per heavy atom. The first-order chi connectivity index (χ1) is 7.47. The summed E-state index contributed by atoms with van der Waals surface area (Å²) in [6.45, 7) is 0.0626. The zero-order chi connectivity index (χ0) is 12.3. The maximum absolute atomic E-state index is 11.8. The number of phenols is 1. The lowest BCUT2D eigenvalue weighted by molar-refractivity contribution is 0.0764. The van der Waals surface area contributed by atoms with Gasteiger partial charge in [-0.1, -0.05) is 27.5 Å². The number of carbonyl (C=O) groups is 1. The molecule has 1 amide bonds. The summed E-state index contributed by atoms with van der Waals surface area (Å²) < 4.78 is 0.607. The van der Waals surface area contributed by atoms with Crippen LogP contribution in [0, 0.1) is 0 Å². The monoisotopic (exact) mass is 307 g/mol. The van der Waals surface area contributed by atoms with Gasteiger partial charge in [0.2, 0.25) is 0 Å². The second-order valence-electron chi connectivity index (χ2n) is 3.23. The lowest BCUT2D eigenvalue weighted by Crippen LogP contribution is -2.29. The molecule has 16 heavy (non-hydrogen) atoms. The molecule has 0 radical (unpaired) electrons. The summed E-state index contributed by atoms with van der Waals surface area (Å²) in [6, 6.07) is 2.98. The first-order valence-electron chi connectivity index (χ1n) is 4.51. The van der Waals surface area contributed by atoms with Crippen LogP contribution in [0.3, 0.4) is 0 Å². The zero-order valence-electron chi connectivity index (χ0n) is 8.57. The molecule has 0 saturated carbocycles. The smallest absolute Gasteiger partial charge is 0.257 e. The molecule has 0 fully saturated rings. The Bertz CT molecular complexity index is 411. The summed E-state index contributed by atoms with van der Waals surface area (Å²) in [5, 5.41) is 18.5. The van der Waals surface area contributed by atoms with Gasteiger partial charge in [-0.2, -0.15) is 0 Å². The lowest BCUT2D eigenvalue weighted by Gasteiger charge is -2.16. The third-order valence-corrected chi connectivity index (χ3v) is 2.79. The number of likely N-dealkylation sites (N-methyl/N-ethyl adjacent to an activating group) is 1. The average Bonchev–Trinajstić information content (AvgIpc) is 2.22. The van der Waals surface area contributed by atoms with Gasteiger partial charge in [-0.05, 0) is 12.1 Å². The number of aliphatic hydroxyl groups excluding tert-OH is 1. The molecule has 2 N–H and O–H groups in total. The fourth-order valence-electron chi connectivity index (χ4n) is 1.19. The van der Waals surface area contributed by atoms with Crippen LogP contribution in [0.25, 0.3) is 0 Å². The molecule has 0 aromatic heterocycles. The van der Waals surface area contributed by atoms with Crippen LogP contribution >= 0.6 is 27.5 Å². The molecular weight excluding hydrogens is 297 g/mol. The minimum absolute atomic E-state index is 0.107. The standard InChI is InChI=1S/C10H11BrClNO3/c1-13(2-3-14)10(16)7-4-6(11)5-8(12)9(7)15/h4-5,14-15H,2-3H2,1H3. The Hall–Kier alpha value is -0.780. The van der Waals surface area contributed by atoms with Crippen molar-refractivity contribution >= 4 is 33.4 Å². The first kappa shape index (κ1) is 13.3. The fourth-order valence-corrected chi connectivity index (χ4v) is 2.00. The Labute approximate surface area is 107 Å². The largest absolute Gasteiger partial charge is 0.506 e. The summed E-state index contributed by atoms with van der Waals surface area (Å²) in [4.78, 5) is 13.1. The van der Waals surface area contributed by atoms with E-state index in [0.29, 0.717) is 4.47 Å². The van der Waals surface area contributed by atoms with Gasteiger partial charge in [0.15, 0.2) is 0 Å². The zero-order valence-corrected chi connectivity index (χ0v) is 10.9. The van der Waals surface area contributed by atoms with E-state index in [1.807, 2.05) is 0 Å². The third kappa shape index (κ3) is 2.87. The number of nitrogens with zero attached hydrogens (tertiary/aromatic N) is 1. The molecule has 88 valence electrons. The predicted molar refractivity (Wildman–Crippen MR) is 64.9 cm³/mol. The van der Waals surface area contributed by atoms with Crippen LogP contribution in [0.2, 0.25) is 5.02 Å². The topological polar surface area (TPSA) is 60.8 Å². The van der Waals surface area contributed by atoms with Crippen molar-refractivity contribution in [3.8, 4) is 5.75 Å². The molecule has 0 spiro atoms.